The molecule has 1 aromatic rings. The van der Waals surface area contributed by atoms with Crippen molar-refractivity contribution >= 4 is 23.4 Å². The van der Waals surface area contributed by atoms with Crippen LogP contribution in [0.4, 0.5) is 5.69 Å². The highest BCUT2D eigenvalue weighted by Crippen LogP contribution is 2.25. The van der Waals surface area contributed by atoms with Crippen molar-refractivity contribution in [3.05, 3.63) is 29.3 Å². The SMILES string of the molecule is Cc1c(CSC(C)C)cccc1NC(=O)C1CCNCC1. The Hall–Kier alpha value is -1.00. The minimum Gasteiger partial charge on any atom is -0.326 e. The average molecular weight is 306 g/mol. The second-order valence-electron chi connectivity index (χ2n) is 5.96. The molecule has 21 heavy (non-hydrogen) atoms. The van der Waals surface area contributed by atoms with Crippen LogP contribution >= 0.6 is 11.8 Å². The van der Waals surface area contributed by atoms with Crippen LogP contribution in [-0.2, 0) is 10.5 Å². The van der Waals surface area contributed by atoms with Crippen LogP contribution < -0.4 is 10.6 Å². The van der Waals surface area contributed by atoms with Gasteiger partial charge >= 0.3 is 0 Å². The van der Waals surface area contributed by atoms with Crippen molar-refractivity contribution in [2.24, 2.45) is 5.92 Å². The van der Waals surface area contributed by atoms with Gasteiger partial charge in [-0.05, 0) is 55.3 Å². The van der Waals surface area contributed by atoms with E-state index in [1.54, 1.807) is 0 Å². The lowest BCUT2D eigenvalue weighted by Gasteiger charge is -2.22. The molecule has 0 bridgehead atoms. The van der Waals surface area contributed by atoms with Crippen LogP contribution in [0.1, 0.15) is 37.8 Å². The fourth-order valence-corrected chi connectivity index (χ4v) is 3.38. The Morgan fingerprint density at radius 1 is 1.38 bits per heavy atom. The summed E-state index contributed by atoms with van der Waals surface area (Å²) in [6, 6.07) is 6.21. The normalized spacial score (nSPS) is 16.2. The zero-order chi connectivity index (χ0) is 15.2. The van der Waals surface area contributed by atoms with Crippen molar-refractivity contribution < 1.29 is 4.79 Å². The summed E-state index contributed by atoms with van der Waals surface area (Å²) in [5.74, 6) is 1.33. The molecule has 1 aliphatic rings. The molecule has 0 radical (unpaired) electrons. The second kappa shape index (κ2) is 7.85. The Kier molecular flexibility index (Phi) is 6.12. The summed E-state index contributed by atoms with van der Waals surface area (Å²) in [7, 11) is 0. The van der Waals surface area contributed by atoms with Crippen LogP contribution in [-0.4, -0.2) is 24.2 Å². The predicted octanol–water partition coefficient (Wildman–Crippen LogP) is 3.57. The summed E-state index contributed by atoms with van der Waals surface area (Å²) in [6.07, 6.45) is 1.88. The summed E-state index contributed by atoms with van der Waals surface area (Å²) in [5.41, 5.74) is 3.49. The van der Waals surface area contributed by atoms with E-state index in [4.69, 9.17) is 0 Å². The van der Waals surface area contributed by atoms with Gasteiger partial charge in [-0.2, -0.15) is 11.8 Å². The minimum atomic E-state index is 0.152. The van der Waals surface area contributed by atoms with Gasteiger partial charge in [-0.3, -0.25) is 4.79 Å². The van der Waals surface area contributed by atoms with Gasteiger partial charge in [-0.15, -0.1) is 0 Å². The molecule has 0 aromatic heterocycles. The number of benzene rings is 1. The number of thioether (sulfide) groups is 1. The lowest BCUT2D eigenvalue weighted by Crippen LogP contribution is -2.34. The van der Waals surface area contributed by atoms with Crippen LogP contribution in [0.5, 0.6) is 0 Å². The molecule has 2 rings (SSSR count). The van der Waals surface area contributed by atoms with Gasteiger partial charge in [-0.1, -0.05) is 26.0 Å². The molecule has 0 spiro atoms. The third kappa shape index (κ3) is 4.75. The van der Waals surface area contributed by atoms with E-state index in [-0.39, 0.29) is 11.8 Å². The molecule has 1 amide bonds. The van der Waals surface area contributed by atoms with Gasteiger partial charge in [0, 0.05) is 17.4 Å². The number of carbonyl (C=O) groups is 1. The van der Waals surface area contributed by atoms with E-state index in [9.17, 15) is 4.79 Å². The van der Waals surface area contributed by atoms with E-state index >= 15 is 0 Å². The van der Waals surface area contributed by atoms with E-state index in [0.717, 1.165) is 37.4 Å². The molecule has 2 N–H and O–H groups in total. The van der Waals surface area contributed by atoms with Crippen molar-refractivity contribution in [1.82, 2.24) is 5.32 Å². The van der Waals surface area contributed by atoms with Gasteiger partial charge in [0.25, 0.3) is 0 Å². The lowest BCUT2D eigenvalue weighted by atomic mass is 9.97. The Labute approximate surface area is 132 Å². The number of hydrogen-bond donors (Lipinski definition) is 2. The molecule has 4 heteroatoms. The molecule has 1 heterocycles. The number of rotatable bonds is 5. The molecule has 3 nitrogen and oxygen atoms in total. The largest absolute Gasteiger partial charge is 0.326 e. The maximum Gasteiger partial charge on any atom is 0.227 e. The monoisotopic (exact) mass is 306 g/mol. The van der Waals surface area contributed by atoms with Crippen molar-refractivity contribution in [3.63, 3.8) is 0 Å². The highest BCUT2D eigenvalue weighted by atomic mass is 32.2. The number of amides is 1. The van der Waals surface area contributed by atoms with Gasteiger partial charge in [0.15, 0.2) is 0 Å². The first-order chi connectivity index (χ1) is 10.1. The first-order valence-electron chi connectivity index (χ1n) is 7.79. The van der Waals surface area contributed by atoms with Crippen molar-refractivity contribution in [3.8, 4) is 0 Å². The Bertz CT molecular complexity index is 482. The van der Waals surface area contributed by atoms with Crippen LogP contribution in [0.25, 0.3) is 0 Å². The molecular weight excluding hydrogens is 280 g/mol. The number of anilines is 1. The fourth-order valence-electron chi connectivity index (χ4n) is 2.55. The average Bonchev–Trinajstić information content (AvgIpc) is 2.49. The summed E-state index contributed by atoms with van der Waals surface area (Å²) in [5, 5.41) is 7.05. The number of piperidine rings is 1. The van der Waals surface area contributed by atoms with Gasteiger partial charge < -0.3 is 10.6 Å². The summed E-state index contributed by atoms with van der Waals surface area (Å²) in [4.78, 5) is 12.4. The quantitative estimate of drug-likeness (QED) is 0.873. The first kappa shape index (κ1) is 16.4. The van der Waals surface area contributed by atoms with Gasteiger partial charge in [0.05, 0.1) is 0 Å². The zero-order valence-electron chi connectivity index (χ0n) is 13.2. The summed E-state index contributed by atoms with van der Waals surface area (Å²) >= 11 is 1.93. The molecule has 0 atom stereocenters. The zero-order valence-corrected chi connectivity index (χ0v) is 14.1. The van der Waals surface area contributed by atoms with E-state index < -0.39 is 0 Å². The van der Waals surface area contributed by atoms with Crippen molar-refractivity contribution in [1.29, 1.82) is 0 Å². The predicted molar refractivity (Wildman–Crippen MR) is 91.8 cm³/mol. The van der Waals surface area contributed by atoms with E-state index in [0.29, 0.717) is 5.25 Å². The Balaban J connectivity index is 2.02. The number of nitrogens with one attached hydrogen (secondary N) is 2. The van der Waals surface area contributed by atoms with Crippen molar-refractivity contribution in [2.75, 3.05) is 18.4 Å². The van der Waals surface area contributed by atoms with E-state index in [1.807, 2.05) is 23.9 Å². The smallest absolute Gasteiger partial charge is 0.227 e. The molecule has 0 unspecified atom stereocenters. The van der Waals surface area contributed by atoms with E-state index in [2.05, 4.69) is 37.5 Å². The molecule has 0 saturated carbocycles. The third-order valence-corrected chi connectivity index (χ3v) is 5.13. The summed E-state index contributed by atoms with van der Waals surface area (Å²) in [6.45, 7) is 8.42. The second-order valence-corrected chi connectivity index (χ2v) is 7.53. The standard InChI is InChI=1S/C17H26N2OS/c1-12(2)21-11-15-5-4-6-16(13(15)3)19-17(20)14-7-9-18-10-8-14/h4-6,12,14,18H,7-11H2,1-3H3,(H,19,20). The lowest BCUT2D eigenvalue weighted by molar-refractivity contribution is -0.120. The van der Waals surface area contributed by atoms with Crippen LogP contribution in [0.2, 0.25) is 0 Å². The Morgan fingerprint density at radius 2 is 2.10 bits per heavy atom. The third-order valence-electron chi connectivity index (χ3n) is 3.99. The maximum absolute atomic E-state index is 12.4. The highest BCUT2D eigenvalue weighted by molar-refractivity contribution is 7.99. The summed E-state index contributed by atoms with van der Waals surface area (Å²) < 4.78 is 0. The minimum absolute atomic E-state index is 0.152. The molecular formula is C17H26N2OS. The first-order valence-corrected chi connectivity index (χ1v) is 8.84. The van der Waals surface area contributed by atoms with Crippen LogP contribution in [0.15, 0.2) is 18.2 Å². The van der Waals surface area contributed by atoms with Crippen LogP contribution in [0, 0.1) is 12.8 Å². The van der Waals surface area contributed by atoms with E-state index in [1.165, 1.54) is 11.1 Å². The fraction of sp³-hybridized carbons (Fsp3) is 0.588. The molecule has 1 fully saturated rings. The molecule has 116 valence electrons. The van der Waals surface area contributed by atoms with Crippen molar-refractivity contribution in [2.45, 2.75) is 44.6 Å². The van der Waals surface area contributed by atoms with Crippen LogP contribution in [0.3, 0.4) is 0 Å². The topological polar surface area (TPSA) is 41.1 Å². The molecule has 1 aromatic carbocycles. The van der Waals surface area contributed by atoms with Gasteiger partial charge in [0.2, 0.25) is 5.91 Å². The molecule has 0 aliphatic carbocycles. The number of carbonyl (C=O) groups excluding carboxylic acids is 1. The Morgan fingerprint density at radius 3 is 2.76 bits per heavy atom. The van der Waals surface area contributed by atoms with Gasteiger partial charge in [0.1, 0.15) is 0 Å². The molecule has 1 saturated heterocycles. The highest BCUT2D eigenvalue weighted by Gasteiger charge is 2.21. The maximum atomic E-state index is 12.4. The molecule has 1 aliphatic heterocycles. The number of hydrogen-bond acceptors (Lipinski definition) is 3. The van der Waals surface area contributed by atoms with Gasteiger partial charge in [-0.25, -0.2) is 0 Å².